The number of halogens is 2. The van der Waals surface area contributed by atoms with Gasteiger partial charge in [0, 0.05) is 0 Å². The molecule has 8 nitrogen and oxygen atoms in total. The van der Waals surface area contributed by atoms with Crippen LogP contribution in [0.3, 0.4) is 0 Å². The SMILES string of the molecule is CC1(O)CCCC1C1CCC(OCC(=O)OC(O)C(F)(F)S(=O)(=O)O)C1. The third-order valence-electron chi connectivity index (χ3n) is 5.30. The van der Waals surface area contributed by atoms with E-state index in [9.17, 15) is 27.1 Å². The Morgan fingerprint density at radius 2 is 2.00 bits per heavy atom. The highest BCUT2D eigenvalue weighted by molar-refractivity contribution is 7.86. The maximum Gasteiger partial charge on any atom is 0.430 e. The van der Waals surface area contributed by atoms with E-state index < -0.39 is 39.8 Å². The van der Waals surface area contributed by atoms with Gasteiger partial charge in [-0.1, -0.05) is 6.42 Å². The Morgan fingerprint density at radius 1 is 1.35 bits per heavy atom. The van der Waals surface area contributed by atoms with Crippen molar-refractivity contribution < 1.29 is 46.2 Å². The Balaban J connectivity index is 1.78. The van der Waals surface area contributed by atoms with Gasteiger partial charge in [0.05, 0.1) is 11.7 Å². The van der Waals surface area contributed by atoms with E-state index in [1.807, 2.05) is 6.92 Å². The molecule has 2 rings (SSSR count). The Hall–Kier alpha value is -0.880. The molecule has 2 saturated carbocycles. The lowest BCUT2D eigenvalue weighted by atomic mass is 9.81. The number of aliphatic hydroxyl groups excluding tert-OH is 1. The summed E-state index contributed by atoms with van der Waals surface area (Å²) in [6.45, 7) is 1.07. The molecule has 0 radical (unpaired) electrons. The first kappa shape index (κ1) is 21.4. The molecule has 0 aromatic carbocycles. The maximum atomic E-state index is 13.1. The van der Waals surface area contributed by atoms with E-state index >= 15 is 0 Å². The molecule has 0 aliphatic heterocycles. The van der Waals surface area contributed by atoms with E-state index in [0.29, 0.717) is 12.8 Å². The van der Waals surface area contributed by atoms with E-state index in [-0.39, 0.29) is 17.9 Å². The Bertz CT molecular complexity index is 621. The molecule has 0 amide bonds. The van der Waals surface area contributed by atoms with Crippen molar-refractivity contribution in [3.8, 4) is 0 Å². The van der Waals surface area contributed by atoms with Crippen molar-refractivity contribution in [3.63, 3.8) is 0 Å². The number of aliphatic hydroxyl groups is 2. The topological polar surface area (TPSA) is 130 Å². The predicted octanol–water partition coefficient (Wildman–Crippen LogP) is 1.07. The predicted molar refractivity (Wildman–Crippen MR) is 83.6 cm³/mol. The van der Waals surface area contributed by atoms with Gasteiger partial charge < -0.3 is 19.7 Å². The summed E-state index contributed by atoms with van der Waals surface area (Å²) in [7, 11) is -5.93. The van der Waals surface area contributed by atoms with Gasteiger partial charge >= 0.3 is 21.3 Å². The standard InChI is InChI=1S/C15H24F2O8S/c1-14(20)6-2-3-11(14)9-4-5-10(7-9)24-8-12(18)25-13(19)15(16,17)26(21,22)23/h9-11,13,19-20H,2-8H2,1H3,(H,21,22,23). The number of rotatable bonds is 7. The minimum absolute atomic E-state index is 0.151. The molecule has 5 unspecified atom stereocenters. The quantitative estimate of drug-likeness (QED) is 0.327. The fourth-order valence-electron chi connectivity index (χ4n) is 3.95. The van der Waals surface area contributed by atoms with E-state index in [1.165, 1.54) is 0 Å². The molecule has 0 aromatic rings. The van der Waals surface area contributed by atoms with Crippen molar-refractivity contribution in [2.75, 3.05) is 6.61 Å². The van der Waals surface area contributed by atoms with Gasteiger partial charge in [-0.25, -0.2) is 4.79 Å². The number of carbonyl (C=O) groups excluding carboxylic acids is 1. The van der Waals surface area contributed by atoms with Gasteiger partial charge in [-0.3, -0.25) is 4.55 Å². The third-order valence-corrected chi connectivity index (χ3v) is 6.19. The molecule has 11 heteroatoms. The zero-order chi connectivity index (χ0) is 19.8. The second-order valence-electron chi connectivity index (χ2n) is 7.24. The highest BCUT2D eigenvalue weighted by Crippen LogP contribution is 2.46. The van der Waals surface area contributed by atoms with Gasteiger partial charge in [-0.05, 0) is 50.9 Å². The second-order valence-corrected chi connectivity index (χ2v) is 8.74. The number of hydrogen-bond donors (Lipinski definition) is 3. The van der Waals surface area contributed by atoms with E-state index in [0.717, 1.165) is 25.7 Å². The first-order valence-electron chi connectivity index (χ1n) is 8.41. The van der Waals surface area contributed by atoms with Gasteiger partial charge in [0.15, 0.2) is 0 Å². The van der Waals surface area contributed by atoms with Crippen LogP contribution in [0.15, 0.2) is 0 Å². The molecular weight excluding hydrogens is 378 g/mol. The summed E-state index contributed by atoms with van der Waals surface area (Å²) < 4.78 is 64.7. The summed E-state index contributed by atoms with van der Waals surface area (Å²) >= 11 is 0. The molecule has 5 atom stereocenters. The van der Waals surface area contributed by atoms with Crippen molar-refractivity contribution in [2.45, 2.75) is 68.7 Å². The van der Waals surface area contributed by atoms with Gasteiger partial charge in [-0.2, -0.15) is 17.2 Å². The molecule has 0 spiro atoms. The van der Waals surface area contributed by atoms with Crippen LogP contribution in [-0.4, -0.2) is 59.0 Å². The fourth-order valence-corrected chi connectivity index (χ4v) is 4.25. The molecule has 3 N–H and O–H groups in total. The van der Waals surface area contributed by atoms with E-state index in [4.69, 9.17) is 14.4 Å². The highest BCUT2D eigenvalue weighted by atomic mass is 32.2. The lowest BCUT2D eigenvalue weighted by Crippen LogP contribution is -2.44. The van der Waals surface area contributed by atoms with Crippen molar-refractivity contribution >= 4 is 16.1 Å². The summed E-state index contributed by atoms with van der Waals surface area (Å²) in [4.78, 5) is 11.5. The van der Waals surface area contributed by atoms with E-state index in [1.54, 1.807) is 0 Å². The minimum atomic E-state index is -5.93. The fraction of sp³-hybridized carbons (Fsp3) is 0.933. The van der Waals surface area contributed by atoms with Gasteiger partial charge in [0.25, 0.3) is 6.29 Å². The summed E-state index contributed by atoms with van der Waals surface area (Å²) in [5.41, 5.74) is -0.718. The molecule has 0 aromatic heterocycles. The number of ether oxygens (including phenoxy) is 2. The maximum absolute atomic E-state index is 13.1. The summed E-state index contributed by atoms with van der Waals surface area (Å²) in [6.07, 6.45) is 1.01. The van der Waals surface area contributed by atoms with Crippen molar-refractivity contribution in [3.05, 3.63) is 0 Å². The Kier molecular flexibility index (Phi) is 6.28. The van der Waals surface area contributed by atoms with Crippen LogP contribution in [0.5, 0.6) is 0 Å². The molecule has 0 bridgehead atoms. The first-order valence-corrected chi connectivity index (χ1v) is 9.85. The molecule has 26 heavy (non-hydrogen) atoms. The summed E-state index contributed by atoms with van der Waals surface area (Å²) in [5, 5.41) is 14.3. The van der Waals surface area contributed by atoms with Crippen LogP contribution in [0.25, 0.3) is 0 Å². The van der Waals surface area contributed by atoms with Crippen molar-refractivity contribution in [2.24, 2.45) is 11.8 Å². The molecule has 2 fully saturated rings. The van der Waals surface area contributed by atoms with Crippen LogP contribution in [-0.2, 0) is 24.4 Å². The van der Waals surface area contributed by atoms with Crippen LogP contribution < -0.4 is 0 Å². The van der Waals surface area contributed by atoms with Crippen LogP contribution >= 0.6 is 0 Å². The van der Waals surface area contributed by atoms with Gasteiger partial charge in [-0.15, -0.1) is 0 Å². The number of alkyl halides is 2. The zero-order valence-corrected chi connectivity index (χ0v) is 15.1. The number of esters is 1. The van der Waals surface area contributed by atoms with Crippen LogP contribution in [0.4, 0.5) is 8.78 Å². The summed E-state index contributed by atoms with van der Waals surface area (Å²) in [5.74, 6) is -0.988. The average Bonchev–Trinajstić information content (AvgIpc) is 3.09. The number of hydrogen-bond acceptors (Lipinski definition) is 7. The largest absolute Gasteiger partial charge is 0.430 e. The first-order chi connectivity index (χ1) is 11.8. The van der Waals surface area contributed by atoms with Crippen LogP contribution in [0, 0.1) is 11.8 Å². The average molecular weight is 402 g/mol. The Morgan fingerprint density at radius 3 is 2.54 bits per heavy atom. The number of carbonyl (C=O) groups is 1. The molecule has 0 heterocycles. The van der Waals surface area contributed by atoms with Gasteiger partial charge in [0.1, 0.15) is 6.61 Å². The van der Waals surface area contributed by atoms with Crippen LogP contribution in [0.2, 0.25) is 0 Å². The normalized spacial score (nSPS) is 34.0. The molecule has 0 saturated heterocycles. The zero-order valence-electron chi connectivity index (χ0n) is 14.3. The molecule has 152 valence electrons. The molecule has 2 aliphatic rings. The Labute approximate surface area is 150 Å². The molecule has 2 aliphatic carbocycles. The second kappa shape index (κ2) is 7.63. The third kappa shape index (κ3) is 4.69. The van der Waals surface area contributed by atoms with E-state index in [2.05, 4.69) is 4.74 Å². The lowest BCUT2D eigenvalue weighted by Gasteiger charge is -2.30. The van der Waals surface area contributed by atoms with Gasteiger partial charge in [0.2, 0.25) is 0 Å². The lowest BCUT2D eigenvalue weighted by molar-refractivity contribution is -0.209. The minimum Gasteiger partial charge on any atom is -0.426 e. The van der Waals surface area contributed by atoms with Crippen LogP contribution in [0.1, 0.15) is 45.4 Å². The van der Waals surface area contributed by atoms with Crippen molar-refractivity contribution in [1.29, 1.82) is 0 Å². The highest BCUT2D eigenvalue weighted by Gasteiger charge is 2.54. The molecular formula is C15H24F2O8S. The summed E-state index contributed by atoms with van der Waals surface area (Å²) in [6, 6.07) is 0. The monoisotopic (exact) mass is 402 g/mol. The smallest absolute Gasteiger partial charge is 0.426 e. The van der Waals surface area contributed by atoms with Crippen molar-refractivity contribution in [1.82, 2.24) is 0 Å².